The number of fused-ring (bicyclic) bond motifs is 11. The van der Waals surface area contributed by atoms with Gasteiger partial charge in [-0.15, -0.1) is 0 Å². The van der Waals surface area contributed by atoms with Crippen molar-refractivity contribution in [3.63, 3.8) is 0 Å². The summed E-state index contributed by atoms with van der Waals surface area (Å²) >= 11 is 0. The monoisotopic (exact) mass is 768 g/mol. The van der Waals surface area contributed by atoms with Gasteiger partial charge in [0, 0.05) is 0 Å². The molecule has 0 fully saturated rings. The molecule has 10 aromatic rings. The summed E-state index contributed by atoms with van der Waals surface area (Å²) < 4.78 is 0. The van der Waals surface area contributed by atoms with Gasteiger partial charge in [-0.25, -0.2) is 0 Å². The first kappa shape index (κ1) is 35.4. The Morgan fingerprint density at radius 2 is 0.450 bits per heavy atom. The van der Waals surface area contributed by atoms with Crippen molar-refractivity contribution < 1.29 is 0 Å². The summed E-state index contributed by atoms with van der Waals surface area (Å²) in [7, 11) is 0. The SMILES string of the molecule is Cc1c(C)c(C)c(-c2cc3c4cc5c(cc4c(-c4c(C)c(C)c(C)c(C)c4C)cc3c3cc4c(cc23)-c2cccc3cccc-4c23)-c2cccc3cccc-5c23)c(C)c1C. The lowest BCUT2D eigenvalue weighted by molar-refractivity contribution is 1.18. The summed E-state index contributed by atoms with van der Waals surface area (Å²) in [6.07, 6.45) is 0. The minimum Gasteiger partial charge on any atom is -0.0610 e. The molecule has 0 aromatic heterocycles. The van der Waals surface area contributed by atoms with Crippen LogP contribution in [0.5, 0.6) is 0 Å². The van der Waals surface area contributed by atoms with Crippen LogP contribution in [-0.2, 0) is 0 Å². The van der Waals surface area contributed by atoms with Gasteiger partial charge in [-0.2, -0.15) is 0 Å². The lowest BCUT2D eigenvalue weighted by Gasteiger charge is -2.24. The summed E-state index contributed by atoms with van der Waals surface area (Å²) in [5.41, 5.74) is 30.0. The Bertz CT molecular complexity index is 3370. The third kappa shape index (κ3) is 4.36. The number of benzene rings is 10. The van der Waals surface area contributed by atoms with E-state index in [9.17, 15) is 0 Å². The Morgan fingerprint density at radius 1 is 0.217 bits per heavy atom. The van der Waals surface area contributed by atoms with E-state index in [0.717, 1.165) is 0 Å². The van der Waals surface area contributed by atoms with E-state index in [4.69, 9.17) is 0 Å². The van der Waals surface area contributed by atoms with Crippen molar-refractivity contribution in [3.8, 4) is 66.8 Å². The standard InChI is InChI=1S/C60H48/c1-29-31(3)35(7)57(36(8)32(29)4)55-27-51-50-24-46-42-20-12-16-40-18-14-22-44(60(40)42)48(46)26-54(50)56(58-37(9)33(5)30(2)34(6)38(58)10)28-52(51)49-23-45-41-19-11-15-39-17-13-21-43(59(39)41)47(45)25-53(49)55/h11-28H,1-10H3. The summed E-state index contributed by atoms with van der Waals surface area (Å²) in [5.74, 6) is 0. The molecule has 0 spiro atoms. The van der Waals surface area contributed by atoms with Gasteiger partial charge in [-0.1, -0.05) is 72.8 Å². The van der Waals surface area contributed by atoms with Gasteiger partial charge >= 0.3 is 0 Å². The predicted octanol–water partition coefficient (Wildman–Crippen LogP) is 17.2. The number of hydrogen-bond donors (Lipinski definition) is 0. The predicted molar refractivity (Wildman–Crippen MR) is 261 cm³/mol. The second-order valence-corrected chi connectivity index (χ2v) is 18.2. The molecule has 0 N–H and O–H groups in total. The minimum atomic E-state index is 1.31. The maximum atomic E-state index is 2.59. The van der Waals surface area contributed by atoms with E-state index in [1.54, 1.807) is 0 Å². The first-order valence-electron chi connectivity index (χ1n) is 21.7. The fraction of sp³-hybridized carbons (Fsp3) is 0.167. The van der Waals surface area contributed by atoms with Gasteiger partial charge in [0.05, 0.1) is 0 Å². The third-order valence-corrected chi connectivity index (χ3v) is 15.9. The molecule has 0 atom stereocenters. The average molecular weight is 769 g/mol. The van der Waals surface area contributed by atoms with Crippen LogP contribution >= 0.6 is 0 Å². The van der Waals surface area contributed by atoms with Crippen LogP contribution in [0.25, 0.3) is 121 Å². The highest BCUT2D eigenvalue weighted by molar-refractivity contribution is 6.29. The molecule has 0 radical (unpaired) electrons. The van der Waals surface area contributed by atoms with E-state index in [0.29, 0.717) is 0 Å². The lowest BCUT2D eigenvalue weighted by Crippen LogP contribution is -2.01. The largest absolute Gasteiger partial charge is 0.0610 e. The molecule has 10 aromatic carbocycles. The first-order valence-corrected chi connectivity index (χ1v) is 21.7. The maximum Gasteiger partial charge on any atom is -0.00264 e. The smallest absolute Gasteiger partial charge is 0.00264 e. The highest BCUT2D eigenvalue weighted by Crippen LogP contribution is 2.55. The molecule has 0 saturated carbocycles. The average Bonchev–Trinajstić information content (AvgIpc) is 3.76. The lowest BCUT2D eigenvalue weighted by atomic mass is 9.79. The van der Waals surface area contributed by atoms with Crippen molar-refractivity contribution in [3.05, 3.63) is 165 Å². The van der Waals surface area contributed by atoms with Crippen LogP contribution in [0.2, 0.25) is 0 Å². The zero-order chi connectivity index (χ0) is 41.2. The normalized spacial score (nSPS) is 12.5. The molecule has 0 aliphatic heterocycles. The van der Waals surface area contributed by atoms with Gasteiger partial charge in [-0.3, -0.25) is 0 Å². The van der Waals surface area contributed by atoms with E-state index in [2.05, 4.69) is 178 Å². The van der Waals surface area contributed by atoms with Crippen LogP contribution in [0.3, 0.4) is 0 Å². The van der Waals surface area contributed by atoms with Crippen molar-refractivity contribution in [1.82, 2.24) is 0 Å². The van der Waals surface area contributed by atoms with Gasteiger partial charge < -0.3 is 0 Å². The molecule has 0 heteroatoms. The zero-order valence-corrected chi connectivity index (χ0v) is 36.4. The van der Waals surface area contributed by atoms with Crippen molar-refractivity contribution in [2.45, 2.75) is 69.2 Å². The summed E-state index contributed by atoms with van der Waals surface area (Å²) in [6, 6.07) is 42.8. The zero-order valence-electron chi connectivity index (χ0n) is 36.4. The molecule has 0 bridgehead atoms. The van der Waals surface area contributed by atoms with Crippen molar-refractivity contribution in [2.24, 2.45) is 0 Å². The van der Waals surface area contributed by atoms with Gasteiger partial charge in [0.2, 0.25) is 0 Å². The van der Waals surface area contributed by atoms with E-state index in [-0.39, 0.29) is 0 Å². The van der Waals surface area contributed by atoms with Crippen LogP contribution in [0.1, 0.15) is 55.6 Å². The summed E-state index contributed by atoms with van der Waals surface area (Å²) in [5, 5.41) is 13.3. The fourth-order valence-corrected chi connectivity index (χ4v) is 11.8. The molecular formula is C60H48. The minimum absolute atomic E-state index is 1.31. The Hall–Kier alpha value is -6.50. The van der Waals surface area contributed by atoms with Gasteiger partial charge in [0.15, 0.2) is 0 Å². The first-order chi connectivity index (χ1) is 28.9. The Morgan fingerprint density at radius 3 is 0.750 bits per heavy atom. The van der Waals surface area contributed by atoms with Crippen molar-refractivity contribution in [1.29, 1.82) is 0 Å². The second-order valence-electron chi connectivity index (χ2n) is 18.2. The molecule has 2 aliphatic carbocycles. The topological polar surface area (TPSA) is 0 Å². The Labute approximate surface area is 353 Å². The van der Waals surface area contributed by atoms with E-state index in [1.807, 2.05) is 0 Å². The van der Waals surface area contributed by atoms with Crippen LogP contribution in [0.15, 0.2) is 109 Å². The molecule has 0 saturated heterocycles. The molecule has 12 rings (SSSR count). The Balaban J connectivity index is 1.32. The molecule has 0 nitrogen and oxygen atoms in total. The summed E-state index contributed by atoms with van der Waals surface area (Å²) in [6.45, 7) is 23.3. The molecular weight excluding hydrogens is 721 g/mol. The highest BCUT2D eigenvalue weighted by Gasteiger charge is 2.28. The molecule has 60 heavy (non-hydrogen) atoms. The van der Waals surface area contributed by atoms with Gasteiger partial charge in [0.1, 0.15) is 0 Å². The quantitative estimate of drug-likeness (QED) is 0.154. The van der Waals surface area contributed by atoms with Gasteiger partial charge in [0.25, 0.3) is 0 Å². The highest BCUT2D eigenvalue weighted by atomic mass is 14.3. The van der Waals surface area contributed by atoms with E-state index in [1.165, 1.54) is 176 Å². The van der Waals surface area contributed by atoms with Crippen LogP contribution in [0, 0.1) is 69.2 Å². The summed E-state index contributed by atoms with van der Waals surface area (Å²) in [4.78, 5) is 0. The van der Waals surface area contributed by atoms with Crippen molar-refractivity contribution in [2.75, 3.05) is 0 Å². The number of rotatable bonds is 2. The maximum absolute atomic E-state index is 2.59. The van der Waals surface area contributed by atoms with Crippen molar-refractivity contribution >= 4 is 53.9 Å². The second kappa shape index (κ2) is 12.0. The third-order valence-electron chi connectivity index (χ3n) is 15.9. The van der Waals surface area contributed by atoms with Crippen LogP contribution < -0.4 is 0 Å². The molecule has 0 unspecified atom stereocenters. The van der Waals surface area contributed by atoms with E-state index < -0.39 is 0 Å². The van der Waals surface area contributed by atoms with Crippen LogP contribution in [0.4, 0.5) is 0 Å². The molecule has 0 heterocycles. The Kier molecular flexibility index (Phi) is 7.12. The fourth-order valence-electron chi connectivity index (χ4n) is 11.8. The molecule has 288 valence electrons. The molecule has 2 aliphatic rings. The van der Waals surface area contributed by atoms with E-state index >= 15 is 0 Å². The van der Waals surface area contributed by atoms with Crippen LogP contribution in [-0.4, -0.2) is 0 Å². The molecule has 0 amide bonds. The van der Waals surface area contributed by atoms with Gasteiger partial charge in [-0.05, 0) is 282 Å². The number of hydrogen-bond acceptors (Lipinski definition) is 0.